The van der Waals surface area contributed by atoms with Gasteiger partial charge in [0.05, 0.1) is 40.0 Å². The van der Waals surface area contributed by atoms with E-state index in [9.17, 15) is 28.8 Å². The lowest BCUT2D eigenvalue weighted by molar-refractivity contribution is -0.120. The predicted octanol–water partition coefficient (Wildman–Crippen LogP) is 13.3. The summed E-state index contributed by atoms with van der Waals surface area (Å²) in [5.74, 6) is 0.0188. The SMILES string of the molecule is CCCCC(CC)C(=O)Nc1ccccc1OCCOc1ccc(C(=O)O)cc1.CCc1ccc(C(=O)Nc2ccccc2OCCOc2ccc(C(=O)O)cc2)cc1.O=C(O)c1ccc(OCCOc2ccccc2NC(=O)c2ccco2)cc1. The third-order valence-corrected chi connectivity index (χ3v) is 12.7. The van der Waals surface area contributed by atoms with E-state index in [1.807, 2.05) is 55.5 Å². The van der Waals surface area contributed by atoms with Crippen LogP contribution in [0.4, 0.5) is 17.1 Å². The first kappa shape index (κ1) is 64.6. The van der Waals surface area contributed by atoms with Crippen LogP contribution in [0.1, 0.15) is 104 Å². The normalized spacial score (nSPS) is 10.7. The molecule has 6 N–H and O–H groups in total. The Balaban J connectivity index is 0.000000207. The molecule has 0 aliphatic rings. The number of carboxylic acids is 3. The Morgan fingerprint density at radius 2 is 0.791 bits per heavy atom. The van der Waals surface area contributed by atoms with E-state index in [1.165, 1.54) is 48.2 Å². The van der Waals surface area contributed by atoms with Crippen LogP contribution in [-0.4, -0.2) is 90.6 Å². The summed E-state index contributed by atoms with van der Waals surface area (Å²) in [6.45, 7) is 7.84. The average molecular weight is 1170 g/mol. The number of nitrogens with one attached hydrogen (secondary N) is 3. The zero-order valence-electron chi connectivity index (χ0n) is 47.9. The summed E-state index contributed by atoms with van der Waals surface area (Å²) in [5.41, 5.74) is 4.11. The van der Waals surface area contributed by atoms with Crippen molar-refractivity contribution in [2.45, 2.75) is 52.9 Å². The fourth-order valence-corrected chi connectivity index (χ4v) is 7.99. The van der Waals surface area contributed by atoms with Gasteiger partial charge in [-0.2, -0.15) is 0 Å². The largest absolute Gasteiger partial charge is 0.490 e. The molecule has 0 bridgehead atoms. The minimum atomic E-state index is -0.988. The summed E-state index contributed by atoms with van der Waals surface area (Å²) in [7, 11) is 0. The molecule has 0 aliphatic carbocycles. The smallest absolute Gasteiger partial charge is 0.335 e. The van der Waals surface area contributed by atoms with Gasteiger partial charge < -0.3 is 64.1 Å². The second-order valence-electron chi connectivity index (χ2n) is 18.7. The van der Waals surface area contributed by atoms with E-state index in [0.717, 1.165) is 32.1 Å². The number of para-hydroxylation sites is 6. The van der Waals surface area contributed by atoms with Gasteiger partial charge in [-0.3, -0.25) is 14.4 Å². The maximum absolute atomic E-state index is 12.6. The number of aromatic carboxylic acids is 3. The molecule has 1 unspecified atom stereocenters. The third kappa shape index (κ3) is 21.3. The molecule has 448 valence electrons. The van der Waals surface area contributed by atoms with Gasteiger partial charge in [0, 0.05) is 11.5 Å². The number of furan rings is 1. The highest BCUT2D eigenvalue weighted by molar-refractivity contribution is 6.05. The number of amides is 3. The van der Waals surface area contributed by atoms with Gasteiger partial charge >= 0.3 is 17.9 Å². The van der Waals surface area contributed by atoms with Crippen molar-refractivity contribution in [3.05, 3.63) is 222 Å². The van der Waals surface area contributed by atoms with Crippen molar-refractivity contribution in [1.82, 2.24) is 0 Å². The number of unbranched alkanes of at least 4 members (excludes halogenated alkanes) is 1. The highest BCUT2D eigenvalue weighted by atomic mass is 16.5. The molecular formula is C67H69N3O16. The molecule has 0 fully saturated rings. The quantitative estimate of drug-likeness (QED) is 0.0238. The van der Waals surface area contributed by atoms with Crippen LogP contribution in [0.25, 0.3) is 0 Å². The van der Waals surface area contributed by atoms with Crippen LogP contribution < -0.4 is 44.4 Å². The zero-order valence-corrected chi connectivity index (χ0v) is 47.9. The Morgan fingerprint density at radius 3 is 1.15 bits per heavy atom. The van der Waals surface area contributed by atoms with E-state index in [-0.39, 0.29) is 72.5 Å². The van der Waals surface area contributed by atoms with E-state index in [2.05, 4.69) is 29.8 Å². The van der Waals surface area contributed by atoms with Crippen molar-refractivity contribution < 1.29 is 76.9 Å². The molecule has 0 aliphatic heterocycles. The van der Waals surface area contributed by atoms with Gasteiger partial charge in [0.25, 0.3) is 11.8 Å². The van der Waals surface area contributed by atoms with E-state index in [1.54, 1.807) is 97.1 Å². The van der Waals surface area contributed by atoms with Gasteiger partial charge in [0.15, 0.2) is 5.76 Å². The van der Waals surface area contributed by atoms with Gasteiger partial charge in [-0.15, -0.1) is 0 Å². The van der Waals surface area contributed by atoms with Crippen molar-refractivity contribution in [1.29, 1.82) is 0 Å². The molecular weight excluding hydrogens is 1100 g/mol. The lowest BCUT2D eigenvalue weighted by atomic mass is 9.98. The Bertz CT molecular complexity index is 3410. The first-order chi connectivity index (χ1) is 41.7. The molecule has 1 heterocycles. The van der Waals surface area contributed by atoms with Crippen molar-refractivity contribution in [2.24, 2.45) is 5.92 Å². The van der Waals surface area contributed by atoms with Gasteiger partial charge in [0.1, 0.15) is 74.1 Å². The number of benzene rings is 7. The van der Waals surface area contributed by atoms with Gasteiger partial charge in [0.2, 0.25) is 5.91 Å². The van der Waals surface area contributed by atoms with Gasteiger partial charge in [-0.1, -0.05) is 82.1 Å². The number of carboxylic acid groups (broad SMARTS) is 3. The average Bonchev–Trinajstić information content (AvgIpc) is 4.17. The number of ether oxygens (including phenoxy) is 6. The number of hydrogen-bond donors (Lipinski definition) is 6. The second-order valence-corrected chi connectivity index (χ2v) is 18.7. The molecule has 0 saturated heterocycles. The second kappa shape index (κ2) is 34.8. The van der Waals surface area contributed by atoms with Crippen molar-refractivity contribution in [3.63, 3.8) is 0 Å². The molecule has 0 saturated carbocycles. The standard InChI is InChI=1S/C24H23NO5.C23H29NO5.C20H17NO6/c1-2-17-7-9-18(10-8-17)23(26)25-21-5-3-4-6-22(21)30-16-15-29-20-13-11-19(12-14-20)24(27)28;1-3-5-8-17(4-2)22(25)24-20-9-6-7-10-21(20)29-16-15-28-19-13-11-18(12-14-19)23(26)27;22-19(18-6-3-11-26-18)21-16-4-1-2-5-17(16)27-13-12-25-15-9-7-14(8-10-15)20(23)24/h3-14H,2,15-16H2,1H3,(H,25,26)(H,27,28);6-7,9-14,17H,3-5,8,15-16H2,1-2H3,(H,24,25)(H,26,27);1-11H,12-13H2,(H,21,22)(H,23,24). The Kier molecular flexibility index (Phi) is 26.1. The van der Waals surface area contributed by atoms with E-state index >= 15 is 0 Å². The first-order valence-electron chi connectivity index (χ1n) is 27.8. The summed E-state index contributed by atoms with van der Waals surface area (Å²) >= 11 is 0. The third-order valence-electron chi connectivity index (χ3n) is 12.7. The summed E-state index contributed by atoms with van der Waals surface area (Å²) < 4.78 is 39.0. The van der Waals surface area contributed by atoms with E-state index < -0.39 is 17.9 Å². The fourth-order valence-electron chi connectivity index (χ4n) is 7.99. The lowest BCUT2D eigenvalue weighted by Crippen LogP contribution is -2.23. The summed E-state index contributed by atoms with van der Waals surface area (Å²) in [4.78, 5) is 69.7. The van der Waals surface area contributed by atoms with Crippen molar-refractivity contribution in [3.8, 4) is 34.5 Å². The highest BCUT2D eigenvalue weighted by Crippen LogP contribution is 2.28. The molecule has 7 aromatic carbocycles. The van der Waals surface area contributed by atoms with Crippen LogP contribution in [0.3, 0.4) is 0 Å². The van der Waals surface area contributed by atoms with Crippen LogP contribution in [0.5, 0.6) is 34.5 Å². The lowest BCUT2D eigenvalue weighted by Gasteiger charge is -2.17. The monoisotopic (exact) mass is 1170 g/mol. The Labute approximate surface area is 498 Å². The van der Waals surface area contributed by atoms with Crippen LogP contribution in [0, 0.1) is 5.92 Å². The molecule has 19 heteroatoms. The maximum Gasteiger partial charge on any atom is 0.335 e. The molecule has 0 spiro atoms. The molecule has 86 heavy (non-hydrogen) atoms. The topological polar surface area (TPSA) is 268 Å². The fraction of sp³-hybridized carbons (Fsp3) is 0.224. The summed E-state index contributed by atoms with van der Waals surface area (Å²) in [5, 5.41) is 35.3. The van der Waals surface area contributed by atoms with Gasteiger partial charge in [-0.05, 0) is 158 Å². The number of carbonyl (C=O) groups is 6. The van der Waals surface area contributed by atoms with Crippen LogP contribution in [0.2, 0.25) is 0 Å². The van der Waals surface area contributed by atoms with Crippen LogP contribution >= 0.6 is 0 Å². The van der Waals surface area contributed by atoms with Crippen LogP contribution in [0.15, 0.2) is 193 Å². The van der Waals surface area contributed by atoms with Crippen molar-refractivity contribution in [2.75, 3.05) is 55.6 Å². The number of anilines is 3. The number of carbonyl (C=O) groups excluding carboxylic acids is 3. The molecule has 8 rings (SSSR count). The molecule has 8 aromatic rings. The van der Waals surface area contributed by atoms with E-state index in [4.69, 9.17) is 48.2 Å². The highest BCUT2D eigenvalue weighted by Gasteiger charge is 2.18. The minimum Gasteiger partial charge on any atom is -0.490 e. The number of rotatable bonds is 29. The van der Waals surface area contributed by atoms with Crippen molar-refractivity contribution >= 4 is 52.7 Å². The zero-order chi connectivity index (χ0) is 61.5. The summed E-state index contributed by atoms with van der Waals surface area (Å²) in [6, 6.07) is 50.8. The van der Waals surface area contributed by atoms with E-state index in [0.29, 0.717) is 70.3 Å². The number of hydrogen-bond acceptors (Lipinski definition) is 13. The predicted molar refractivity (Wildman–Crippen MR) is 325 cm³/mol. The maximum atomic E-state index is 12.6. The molecule has 0 radical (unpaired) electrons. The molecule has 3 amide bonds. The van der Waals surface area contributed by atoms with Crippen LogP contribution in [-0.2, 0) is 11.2 Å². The minimum absolute atomic E-state index is 0.000105. The molecule has 19 nitrogen and oxygen atoms in total. The molecule has 1 aromatic heterocycles. The molecule has 1 atom stereocenters. The van der Waals surface area contributed by atoms with Gasteiger partial charge in [-0.25, -0.2) is 14.4 Å². The number of aryl methyl sites for hydroxylation is 1. The Hall–Kier alpha value is -10.6. The first-order valence-corrected chi connectivity index (χ1v) is 27.8. The Morgan fingerprint density at radius 1 is 0.419 bits per heavy atom. The summed E-state index contributed by atoms with van der Waals surface area (Å²) in [6.07, 6.45) is 6.15.